The van der Waals surface area contributed by atoms with Crippen molar-refractivity contribution in [2.24, 2.45) is 0 Å². The van der Waals surface area contributed by atoms with Crippen molar-refractivity contribution in [3.05, 3.63) is 54.1 Å². The number of nitrogens with zero attached hydrogens (tertiary/aromatic N) is 1. The van der Waals surface area contributed by atoms with Crippen LogP contribution in [0.4, 0.5) is 5.69 Å². The fourth-order valence-electron chi connectivity index (χ4n) is 2.59. The molecule has 0 bridgehead atoms. The van der Waals surface area contributed by atoms with Gasteiger partial charge in [0.05, 0.1) is 17.2 Å². The van der Waals surface area contributed by atoms with Gasteiger partial charge in [0.2, 0.25) is 0 Å². The average molecular weight is 378 g/mol. The normalized spacial score (nSPS) is 11.3. The van der Waals surface area contributed by atoms with Crippen LogP contribution in [0.2, 0.25) is 0 Å². The highest BCUT2D eigenvalue weighted by Crippen LogP contribution is 2.27. The summed E-state index contributed by atoms with van der Waals surface area (Å²) in [6.07, 6.45) is 1.72. The zero-order chi connectivity index (χ0) is 19.0. The van der Waals surface area contributed by atoms with Crippen molar-refractivity contribution >= 4 is 15.7 Å². The van der Waals surface area contributed by atoms with E-state index in [2.05, 4.69) is 0 Å². The number of rotatable bonds is 10. The zero-order valence-electron chi connectivity index (χ0n) is 15.6. The molecule has 0 fully saturated rings. The number of benzene rings is 2. The van der Waals surface area contributed by atoms with E-state index in [9.17, 15) is 8.42 Å². The van der Waals surface area contributed by atoms with Crippen LogP contribution in [0.25, 0.3) is 0 Å². The molecule has 0 aliphatic rings. The maximum absolute atomic E-state index is 13.2. The van der Waals surface area contributed by atoms with Crippen molar-refractivity contribution in [1.82, 2.24) is 0 Å². The Labute approximate surface area is 156 Å². The number of methoxy groups -OCH3 is 1. The Morgan fingerprint density at radius 3 is 2.38 bits per heavy atom. The molecule has 0 aliphatic carbocycles. The summed E-state index contributed by atoms with van der Waals surface area (Å²) in [5.74, 6) is 0.667. The fraction of sp³-hybridized carbons (Fsp3) is 0.400. The SMILES string of the molecule is CCCCN(c1ccccc1)S(=O)(=O)c1ccc(OCCOC)c(C)c1. The van der Waals surface area contributed by atoms with E-state index in [0.29, 0.717) is 31.2 Å². The number of hydrogen-bond donors (Lipinski definition) is 0. The molecule has 0 saturated carbocycles. The summed E-state index contributed by atoms with van der Waals surface area (Å²) in [5.41, 5.74) is 1.46. The lowest BCUT2D eigenvalue weighted by Crippen LogP contribution is -2.32. The molecule has 0 radical (unpaired) electrons. The van der Waals surface area contributed by atoms with Crippen molar-refractivity contribution in [3.63, 3.8) is 0 Å². The Morgan fingerprint density at radius 2 is 1.77 bits per heavy atom. The van der Waals surface area contributed by atoms with Gasteiger partial charge in [0.1, 0.15) is 12.4 Å². The molecule has 0 heterocycles. The average Bonchev–Trinajstić information content (AvgIpc) is 2.64. The summed E-state index contributed by atoms with van der Waals surface area (Å²) in [6.45, 7) is 5.26. The number of ether oxygens (including phenoxy) is 2. The fourth-order valence-corrected chi connectivity index (χ4v) is 4.18. The predicted molar refractivity (Wildman–Crippen MR) is 104 cm³/mol. The number of para-hydroxylation sites is 1. The summed E-state index contributed by atoms with van der Waals surface area (Å²) >= 11 is 0. The Morgan fingerprint density at radius 1 is 1.04 bits per heavy atom. The van der Waals surface area contributed by atoms with Gasteiger partial charge < -0.3 is 9.47 Å². The van der Waals surface area contributed by atoms with Crippen LogP contribution in [0.15, 0.2) is 53.4 Å². The molecule has 6 heteroatoms. The van der Waals surface area contributed by atoms with Gasteiger partial charge >= 0.3 is 0 Å². The Bertz CT molecular complexity index is 791. The maximum atomic E-state index is 13.2. The second-order valence-electron chi connectivity index (χ2n) is 6.03. The standard InChI is InChI=1S/C20H27NO4S/c1-4-5-13-21(18-9-7-6-8-10-18)26(22,23)19-11-12-20(17(2)16-19)25-15-14-24-3/h6-12,16H,4-5,13-15H2,1-3H3. The number of aryl methyl sites for hydroxylation is 1. The third kappa shape index (κ3) is 4.99. The molecule has 0 N–H and O–H groups in total. The van der Waals surface area contributed by atoms with Gasteiger partial charge in [-0.3, -0.25) is 4.31 Å². The van der Waals surface area contributed by atoms with Gasteiger partial charge in [-0.1, -0.05) is 31.5 Å². The third-order valence-electron chi connectivity index (χ3n) is 4.04. The van der Waals surface area contributed by atoms with Crippen LogP contribution in [-0.2, 0) is 14.8 Å². The van der Waals surface area contributed by atoms with E-state index in [1.54, 1.807) is 25.3 Å². The zero-order valence-corrected chi connectivity index (χ0v) is 16.5. The first kappa shape index (κ1) is 20.3. The monoisotopic (exact) mass is 377 g/mol. The lowest BCUT2D eigenvalue weighted by Gasteiger charge is -2.25. The van der Waals surface area contributed by atoms with E-state index in [-0.39, 0.29) is 4.90 Å². The largest absolute Gasteiger partial charge is 0.491 e. The first-order valence-electron chi connectivity index (χ1n) is 8.81. The highest BCUT2D eigenvalue weighted by Gasteiger charge is 2.25. The minimum atomic E-state index is -3.64. The van der Waals surface area contributed by atoms with Crippen molar-refractivity contribution < 1.29 is 17.9 Å². The number of sulfonamides is 1. The predicted octanol–water partition coefficient (Wildman–Crippen LogP) is 4.02. The smallest absolute Gasteiger partial charge is 0.264 e. The van der Waals surface area contributed by atoms with Crippen molar-refractivity contribution in [2.75, 3.05) is 31.2 Å². The molecular weight excluding hydrogens is 350 g/mol. The van der Waals surface area contributed by atoms with Gasteiger partial charge in [-0.15, -0.1) is 0 Å². The topological polar surface area (TPSA) is 55.8 Å². The summed E-state index contributed by atoms with van der Waals surface area (Å²) in [7, 11) is -2.03. The lowest BCUT2D eigenvalue weighted by molar-refractivity contribution is 0.146. The number of anilines is 1. The van der Waals surface area contributed by atoms with Gasteiger partial charge in [-0.05, 0) is 49.2 Å². The molecule has 2 aromatic rings. The summed E-state index contributed by atoms with van der Waals surface area (Å²) < 4.78 is 38.5. The first-order valence-corrected chi connectivity index (χ1v) is 10.2. The van der Waals surface area contributed by atoms with Crippen molar-refractivity contribution in [1.29, 1.82) is 0 Å². The molecule has 26 heavy (non-hydrogen) atoms. The van der Waals surface area contributed by atoms with Crippen molar-refractivity contribution in [2.45, 2.75) is 31.6 Å². The van der Waals surface area contributed by atoms with Gasteiger partial charge in [-0.2, -0.15) is 0 Å². The van der Waals surface area contributed by atoms with Crippen LogP contribution in [0, 0.1) is 6.92 Å². The first-order chi connectivity index (χ1) is 12.5. The quantitative estimate of drug-likeness (QED) is 0.587. The van der Waals surface area contributed by atoms with Gasteiger partial charge in [-0.25, -0.2) is 8.42 Å². The second-order valence-corrected chi connectivity index (χ2v) is 7.90. The van der Waals surface area contributed by atoms with Gasteiger partial charge in [0.15, 0.2) is 0 Å². The molecule has 0 amide bonds. The van der Waals surface area contributed by atoms with Crippen LogP contribution < -0.4 is 9.04 Å². The maximum Gasteiger partial charge on any atom is 0.264 e. The molecule has 2 rings (SSSR count). The molecule has 0 aliphatic heterocycles. The van der Waals surface area contributed by atoms with Crippen LogP contribution in [0.5, 0.6) is 5.75 Å². The molecular formula is C20H27NO4S. The molecule has 0 saturated heterocycles. The second kappa shape index (κ2) is 9.59. The van der Waals surface area contributed by atoms with E-state index in [1.807, 2.05) is 44.2 Å². The highest BCUT2D eigenvalue weighted by molar-refractivity contribution is 7.92. The molecule has 0 spiro atoms. The molecule has 2 aromatic carbocycles. The van der Waals surface area contributed by atoms with Crippen LogP contribution >= 0.6 is 0 Å². The minimum absolute atomic E-state index is 0.272. The van der Waals surface area contributed by atoms with E-state index in [4.69, 9.17) is 9.47 Å². The van der Waals surface area contributed by atoms with Crippen LogP contribution in [-0.4, -0.2) is 35.3 Å². The molecule has 5 nitrogen and oxygen atoms in total. The van der Waals surface area contributed by atoms with E-state index in [1.165, 1.54) is 4.31 Å². The summed E-state index contributed by atoms with van der Waals surface area (Å²) in [6, 6.07) is 14.2. The van der Waals surface area contributed by atoms with Crippen molar-refractivity contribution in [3.8, 4) is 5.75 Å². The lowest BCUT2D eigenvalue weighted by atomic mass is 10.2. The van der Waals surface area contributed by atoms with Crippen LogP contribution in [0.3, 0.4) is 0 Å². The molecule has 0 unspecified atom stereocenters. The highest BCUT2D eigenvalue weighted by atomic mass is 32.2. The van der Waals surface area contributed by atoms with E-state index < -0.39 is 10.0 Å². The summed E-state index contributed by atoms with van der Waals surface area (Å²) in [4.78, 5) is 0.272. The van der Waals surface area contributed by atoms with Crippen LogP contribution in [0.1, 0.15) is 25.3 Å². The summed E-state index contributed by atoms with van der Waals surface area (Å²) in [5, 5.41) is 0. The van der Waals surface area contributed by atoms with E-state index in [0.717, 1.165) is 18.4 Å². The Hall–Kier alpha value is -2.05. The molecule has 142 valence electrons. The van der Waals surface area contributed by atoms with Gasteiger partial charge in [0, 0.05) is 13.7 Å². The number of unbranched alkanes of at least 4 members (excludes halogenated alkanes) is 1. The molecule has 0 atom stereocenters. The van der Waals surface area contributed by atoms with Gasteiger partial charge in [0.25, 0.3) is 10.0 Å². The van der Waals surface area contributed by atoms with E-state index >= 15 is 0 Å². The molecule has 0 aromatic heterocycles. The number of hydrogen-bond acceptors (Lipinski definition) is 4. The Balaban J connectivity index is 2.32. The third-order valence-corrected chi connectivity index (χ3v) is 5.86. The minimum Gasteiger partial charge on any atom is -0.491 e. The Kier molecular flexibility index (Phi) is 7.48.